The fourth-order valence-electron chi connectivity index (χ4n) is 4.55. The number of pyridine rings is 3. The number of carbonyl (C=O) groups excluding carboxylic acids is 1. The highest BCUT2D eigenvalue weighted by Crippen LogP contribution is 2.31. The number of rotatable bonds is 4. The van der Waals surface area contributed by atoms with Crippen LogP contribution in [-0.2, 0) is 6.54 Å². The van der Waals surface area contributed by atoms with Crippen LogP contribution in [0.5, 0.6) is 0 Å². The van der Waals surface area contributed by atoms with E-state index in [1.807, 2.05) is 18.2 Å². The van der Waals surface area contributed by atoms with Crippen LogP contribution in [0.3, 0.4) is 0 Å². The smallest absolute Gasteiger partial charge is 0.265 e. The molecule has 4 heterocycles. The molecule has 0 saturated carbocycles. The number of fused-ring (bicyclic) bond motifs is 1. The van der Waals surface area contributed by atoms with Gasteiger partial charge in [0.1, 0.15) is 17.0 Å². The van der Waals surface area contributed by atoms with Crippen molar-refractivity contribution in [3.63, 3.8) is 0 Å². The van der Waals surface area contributed by atoms with Gasteiger partial charge in [-0.1, -0.05) is 24.3 Å². The lowest BCUT2D eigenvalue weighted by Crippen LogP contribution is -2.41. The number of piperidine rings is 1. The summed E-state index contributed by atoms with van der Waals surface area (Å²) in [5.74, 6) is -0.723. The van der Waals surface area contributed by atoms with E-state index in [4.69, 9.17) is 0 Å². The molecule has 166 valence electrons. The van der Waals surface area contributed by atoms with Gasteiger partial charge in [0.05, 0.1) is 12.6 Å². The molecule has 7 heteroatoms. The third kappa shape index (κ3) is 4.02. The van der Waals surface area contributed by atoms with Gasteiger partial charge in [0, 0.05) is 36.1 Å². The fraction of sp³-hybridized carbons (Fsp3) is 0.231. The van der Waals surface area contributed by atoms with Crippen molar-refractivity contribution in [1.29, 1.82) is 0 Å². The van der Waals surface area contributed by atoms with Crippen molar-refractivity contribution in [2.75, 3.05) is 6.54 Å². The number of benzene rings is 1. The summed E-state index contributed by atoms with van der Waals surface area (Å²) in [6, 6.07) is 15.2. The third-order valence-corrected chi connectivity index (χ3v) is 6.20. The zero-order valence-corrected chi connectivity index (χ0v) is 18.0. The molecule has 1 fully saturated rings. The summed E-state index contributed by atoms with van der Waals surface area (Å²) in [6.07, 6.45) is 7.76. The van der Waals surface area contributed by atoms with Gasteiger partial charge in [-0.3, -0.25) is 19.1 Å². The van der Waals surface area contributed by atoms with Gasteiger partial charge in [0.15, 0.2) is 0 Å². The molecule has 0 N–H and O–H groups in total. The summed E-state index contributed by atoms with van der Waals surface area (Å²) in [5, 5.41) is 0.659. The van der Waals surface area contributed by atoms with E-state index in [2.05, 4.69) is 9.97 Å². The van der Waals surface area contributed by atoms with Gasteiger partial charge in [-0.25, -0.2) is 9.37 Å². The van der Waals surface area contributed by atoms with Crippen molar-refractivity contribution in [2.45, 2.75) is 31.8 Å². The number of aromatic nitrogens is 3. The first-order valence-electron chi connectivity index (χ1n) is 11.1. The van der Waals surface area contributed by atoms with Gasteiger partial charge in [-0.2, -0.15) is 0 Å². The number of amides is 1. The van der Waals surface area contributed by atoms with E-state index >= 15 is 0 Å². The van der Waals surface area contributed by atoms with Gasteiger partial charge < -0.3 is 4.90 Å². The maximum atomic E-state index is 14.4. The number of likely N-dealkylation sites (tertiary alicyclic amines) is 1. The maximum absolute atomic E-state index is 14.4. The van der Waals surface area contributed by atoms with Crippen LogP contribution >= 0.6 is 0 Å². The topological polar surface area (TPSA) is 68.1 Å². The molecule has 1 amide bonds. The molecule has 4 aromatic rings. The average molecular weight is 442 g/mol. The largest absolute Gasteiger partial charge is 0.331 e. The Morgan fingerprint density at radius 3 is 2.73 bits per heavy atom. The number of hydrogen-bond acceptors (Lipinski definition) is 4. The molecule has 0 radical (unpaired) electrons. The first kappa shape index (κ1) is 21.0. The predicted molar refractivity (Wildman–Crippen MR) is 123 cm³/mol. The fourth-order valence-corrected chi connectivity index (χ4v) is 4.55. The second-order valence-corrected chi connectivity index (χ2v) is 8.25. The number of hydrogen-bond donors (Lipinski definition) is 0. The van der Waals surface area contributed by atoms with Crippen LogP contribution in [0.4, 0.5) is 4.39 Å². The lowest BCUT2D eigenvalue weighted by molar-refractivity contribution is 0.0609. The van der Waals surface area contributed by atoms with E-state index in [0.29, 0.717) is 23.1 Å². The van der Waals surface area contributed by atoms with Crippen LogP contribution < -0.4 is 5.56 Å². The monoisotopic (exact) mass is 442 g/mol. The molecule has 1 saturated heterocycles. The Kier molecular flexibility index (Phi) is 5.69. The van der Waals surface area contributed by atoms with Crippen LogP contribution in [0, 0.1) is 5.82 Å². The zero-order chi connectivity index (χ0) is 22.8. The molecule has 1 unspecified atom stereocenters. The Hall–Kier alpha value is -3.87. The molecule has 1 aliphatic rings. The predicted octanol–water partition coefficient (Wildman–Crippen LogP) is 4.35. The lowest BCUT2D eigenvalue weighted by atomic mass is 9.95. The maximum Gasteiger partial charge on any atom is 0.265 e. The van der Waals surface area contributed by atoms with Crippen molar-refractivity contribution in [2.24, 2.45) is 0 Å². The zero-order valence-electron chi connectivity index (χ0n) is 18.0. The number of carbonyl (C=O) groups is 1. The minimum atomic E-state index is -0.468. The second kappa shape index (κ2) is 8.94. The minimum Gasteiger partial charge on any atom is -0.331 e. The molecular formula is C26H23FN4O2. The highest BCUT2D eigenvalue weighted by molar-refractivity contribution is 5.97. The van der Waals surface area contributed by atoms with E-state index in [0.717, 1.165) is 24.8 Å². The van der Waals surface area contributed by atoms with E-state index in [1.165, 1.54) is 10.6 Å². The van der Waals surface area contributed by atoms with Gasteiger partial charge in [-0.05, 0) is 55.2 Å². The molecular weight excluding hydrogens is 419 g/mol. The molecule has 1 aromatic carbocycles. The SMILES string of the molecule is O=C(c1cc2cccnc2n(Cc2ccccc2F)c1=O)N1CCCCC1c1cccnc1. The second-order valence-electron chi connectivity index (χ2n) is 8.25. The van der Waals surface area contributed by atoms with Gasteiger partial charge >= 0.3 is 0 Å². The van der Waals surface area contributed by atoms with Crippen molar-refractivity contribution in [1.82, 2.24) is 19.4 Å². The van der Waals surface area contributed by atoms with E-state index in [1.54, 1.807) is 53.8 Å². The Morgan fingerprint density at radius 1 is 1.06 bits per heavy atom. The minimum absolute atomic E-state index is 0.00776. The van der Waals surface area contributed by atoms with Crippen LogP contribution in [0.15, 0.2) is 78.0 Å². The normalized spacial score (nSPS) is 16.2. The van der Waals surface area contributed by atoms with Crippen molar-refractivity contribution in [3.8, 4) is 0 Å². The van der Waals surface area contributed by atoms with Gasteiger partial charge in [0.2, 0.25) is 0 Å². The third-order valence-electron chi connectivity index (χ3n) is 6.20. The molecule has 3 aromatic heterocycles. The molecule has 33 heavy (non-hydrogen) atoms. The quantitative estimate of drug-likeness (QED) is 0.471. The summed E-state index contributed by atoms with van der Waals surface area (Å²) in [4.78, 5) is 37.6. The van der Waals surface area contributed by atoms with Crippen LogP contribution in [0.1, 0.15) is 46.8 Å². The van der Waals surface area contributed by atoms with Crippen molar-refractivity contribution < 1.29 is 9.18 Å². The van der Waals surface area contributed by atoms with E-state index < -0.39 is 11.4 Å². The number of halogens is 1. The molecule has 6 nitrogen and oxygen atoms in total. The molecule has 1 atom stereocenters. The van der Waals surface area contributed by atoms with Crippen LogP contribution in [0.25, 0.3) is 11.0 Å². The van der Waals surface area contributed by atoms with Crippen LogP contribution in [-0.4, -0.2) is 31.9 Å². The summed E-state index contributed by atoms with van der Waals surface area (Å²) in [5.41, 5.74) is 1.35. The van der Waals surface area contributed by atoms with E-state index in [9.17, 15) is 14.0 Å². The van der Waals surface area contributed by atoms with Crippen molar-refractivity contribution in [3.05, 3.63) is 106 Å². The summed E-state index contributed by atoms with van der Waals surface area (Å²) in [6.45, 7) is 0.558. The Labute approximate surface area is 190 Å². The Morgan fingerprint density at radius 2 is 1.91 bits per heavy atom. The lowest BCUT2D eigenvalue weighted by Gasteiger charge is -2.36. The molecule has 0 aliphatic carbocycles. The highest BCUT2D eigenvalue weighted by atomic mass is 19.1. The molecule has 5 rings (SSSR count). The van der Waals surface area contributed by atoms with Crippen molar-refractivity contribution >= 4 is 16.9 Å². The van der Waals surface area contributed by atoms with Gasteiger partial charge in [-0.15, -0.1) is 0 Å². The number of nitrogens with zero attached hydrogens (tertiary/aromatic N) is 4. The highest BCUT2D eigenvalue weighted by Gasteiger charge is 2.31. The first-order chi connectivity index (χ1) is 16.1. The van der Waals surface area contributed by atoms with Crippen LogP contribution in [0.2, 0.25) is 0 Å². The standard InChI is InChI=1S/C26H23FN4O2/c27-22-10-2-1-7-20(22)17-31-24-18(8-6-13-29-24)15-21(26(31)33)25(32)30-14-4-3-11-23(30)19-9-5-12-28-16-19/h1-2,5-10,12-13,15-16,23H,3-4,11,14,17H2. The first-order valence-corrected chi connectivity index (χ1v) is 11.1. The Bertz CT molecular complexity index is 1370. The summed E-state index contributed by atoms with van der Waals surface area (Å²) < 4.78 is 15.8. The molecule has 0 spiro atoms. The molecule has 0 bridgehead atoms. The average Bonchev–Trinajstić information content (AvgIpc) is 2.87. The summed E-state index contributed by atoms with van der Waals surface area (Å²) >= 11 is 0. The van der Waals surface area contributed by atoms with E-state index in [-0.39, 0.29) is 24.1 Å². The molecule has 1 aliphatic heterocycles. The summed E-state index contributed by atoms with van der Waals surface area (Å²) in [7, 11) is 0. The van der Waals surface area contributed by atoms with Gasteiger partial charge in [0.25, 0.3) is 11.5 Å². The Balaban J connectivity index is 1.61.